The lowest BCUT2D eigenvalue weighted by Gasteiger charge is -2.46. The molecule has 0 saturated heterocycles. The average Bonchev–Trinajstić information content (AvgIpc) is 2.24. The van der Waals surface area contributed by atoms with Crippen LogP contribution in [0.1, 0.15) is 54.4 Å². The van der Waals surface area contributed by atoms with Gasteiger partial charge in [0.05, 0.1) is 6.61 Å². The first-order valence-electron chi connectivity index (χ1n) is 7.29. The maximum atomic E-state index is 6.26. The van der Waals surface area contributed by atoms with Crippen LogP contribution in [0.4, 0.5) is 0 Å². The van der Waals surface area contributed by atoms with Crippen LogP contribution < -0.4 is 5.73 Å². The Labute approximate surface area is 114 Å². The van der Waals surface area contributed by atoms with Crippen LogP contribution >= 0.6 is 0 Å². The highest BCUT2D eigenvalue weighted by molar-refractivity contribution is 4.91. The normalized spacial score (nSPS) is 16.3. The van der Waals surface area contributed by atoms with Crippen molar-refractivity contribution in [2.75, 3.05) is 20.3 Å². The lowest BCUT2D eigenvalue weighted by Crippen LogP contribution is -2.57. The first-order valence-corrected chi connectivity index (χ1v) is 7.29. The molecule has 0 spiro atoms. The molecule has 0 fully saturated rings. The highest BCUT2D eigenvalue weighted by Gasteiger charge is 2.35. The zero-order chi connectivity index (χ0) is 14.3. The van der Waals surface area contributed by atoms with Crippen molar-refractivity contribution in [1.82, 2.24) is 4.90 Å². The molecule has 3 heteroatoms. The minimum absolute atomic E-state index is 0.169. The molecule has 0 radical (unpaired) electrons. The topological polar surface area (TPSA) is 38.5 Å². The molecule has 0 aromatic carbocycles. The molecule has 0 aliphatic rings. The lowest BCUT2D eigenvalue weighted by atomic mass is 9.80. The van der Waals surface area contributed by atoms with Crippen LogP contribution in [0.3, 0.4) is 0 Å². The Morgan fingerprint density at radius 3 is 1.94 bits per heavy atom. The molecular weight excluding hydrogens is 224 g/mol. The second-order valence-corrected chi connectivity index (χ2v) is 6.37. The number of rotatable bonds is 8. The molecule has 2 atom stereocenters. The van der Waals surface area contributed by atoms with Gasteiger partial charge in [0.1, 0.15) is 0 Å². The van der Waals surface area contributed by atoms with Gasteiger partial charge in [-0.05, 0) is 25.2 Å². The molecule has 0 aromatic rings. The molecule has 3 nitrogen and oxygen atoms in total. The molecule has 0 aliphatic carbocycles. The zero-order valence-corrected chi connectivity index (χ0v) is 13.5. The lowest BCUT2D eigenvalue weighted by molar-refractivity contribution is 0.0198. The van der Waals surface area contributed by atoms with Crippen LogP contribution in [0, 0.1) is 5.41 Å². The van der Waals surface area contributed by atoms with E-state index in [1.165, 1.54) is 12.8 Å². The number of hydrogen-bond donors (Lipinski definition) is 1. The minimum Gasteiger partial charge on any atom is -0.383 e. The van der Waals surface area contributed by atoms with E-state index in [9.17, 15) is 0 Å². The molecule has 0 aliphatic heterocycles. The van der Waals surface area contributed by atoms with E-state index in [0.29, 0.717) is 12.1 Å². The molecule has 110 valence electrons. The first kappa shape index (κ1) is 17.9. The molecule has 2 unspecified atom stereocenters. The zero-order valence-electron chi connectivity index (χ0n) is 13.5. The third kappa shape index (κ3) is 5.25. The highest BCUT2D eigenvalue weighted by atomic mass is 16.5. The molecule has 2 N–H and O–H groups in total. The SMILES string of the molecule is CCC(CC)N(CCOC)C(C(C)N)C(C)(C)C. The maximum Gasteiger partial charge on any atom is 0.0589 e. The van der Waals surface area contributed by atoms with Gasteiger partial charge in [-0.1, -0.05) is 34.6 Å². The quantitative estimate of drug-likeness (QED) is 0.727. The summed E-state index contributed by atoms with van der Waals surface area (Å²) in [5.41, 5.74) is 6.45. The smallest absolute Gasteiger partial charge is 0.0589 e. The third-order valence-electron chi connectivity index (χ3n) is 3.71. The molecule has 0 rings (SSSR count). The molecule has 0 saturated carbocycles. The molecule has 0 aromatic heterocycles. The van der Waals surface area contributed by atoms with E-state index < -0.39 is 0 Å². The Kier molecular flexibility index (Phi) is 8.08. The Bertz CT molecular complexity index is 207. The first-order chi connectivity index (χ1) is 8.29. The average molecular weight is 258 g/mol. The van der Waals surface area contributed by atoms with E-state index in [-0.39, 0.29) is 11.5 Å². The van der Waals surface area contributed by atoms with Gasteiger partial charge in [-0.2, -0.15) is 0 Å². The van der Waals surface area contributed by atoms with Crippen LogP contribution in [-0.4, -0.2) is 43.3 Å². The van der Waals surface area contributed by atoms with Crippen LogP contribution in [0.25, 0.3) is 0 Å². The predicted octanol–water partition coefficient (Wildman–Crippen LogP) is 2.89. The van der Waals surface area contributed by atoms with Gasteiger partial charge in [0.15, 0.2) is 0 Å². The molecule has 0 bridgehead atoms. The molecule has 0 amide bonds. The summed E-state index contributed by atoms with van der Waals surface area (Å²) in [5.74, 6) is 0. The Morgan fingerprint density at radius 1 is 1.17 bits per heavy atom. The number of hydrogen-bond acceptors (Lipinski definition) is 3. The summed E-state index contributed by atoms with van der Waals surface area (Å²) in [6, 6.07) is 1.15. The van der Waals surface area contributed by atoms with E-state index >= 15 is 0 Å². The number of methoxy groups -OCH3 is 1. The summed E-state index contributed by atoms with van der Waals surface area (Å²) >= 11 is 0. The van der Waals surface area contributed by atoms with E-state index in [4.69, 9.17) is 10.5 Å². The minimum atomic E-state index is 0.169. The summed E-state index contributed by atoms with van der Waals surface area (Å²) in [7, 11) is 1.77. The van der Waals surface area contributed by atoms with Gasteiger partial charge in [0.2, 0.25) is 0 Å². The third-order valence-corrected chi connectivity index (χ3v) is 3.71. The van der Waals surface area contributed by atoms with Gasteiger partial charge in [0, 0.05) is 31.8 Å². The van der Waals surface area contributed by atoms with Crippen molar-refractivity contribution >= 4 is 0 Å². The van der Waals surface area contributed by atoms with Crippen molar-refractivity contribution in [1.29, 1.82) is 0 Å². The monoisotopic (exact) mass is 258 g/mol. The highest BCUT2D eigenvalue weighted by Crippen LogP contribution is 2.29. The number of ether oxygens (including phenoxy) is 1. The number of nitrogens with zero attached hydrogens (tertiary/aromatic N) is 1. The maximum absolute atomic E-state index is 6.26. The Morgan fingerprint density at radius 2 is 1.67 bits per heavy atom. The largest absolute Gasteiger partial charge is 0.383 e. The summed E-state index contributed by atoms with van der Waals surface area (Å²) in [5, 5.41) is 0. The summed E-state index contributed by atoms with van der Waals surface area (Å²) in [6.45, 7) is 15.2. The van der Waals surface area contributed by atoms with Gasteiger partial charge in [-0.3, -0.25) is 4.90 Å². The van der Waals surface area contributed by atoms with Gasteiger partial charge in [0.25, 0.3) is 0 Å². The van der Waals surface area contributed by atoms with Gasteiger partial charge in [-0.25, -0.2) is 0 Å². The summed E-state index contributed by atoms with van der Waals surface area (Å²) in [4.78, 5) is 2.56. The van der Waals surface area contributed by atoms with E-state index in [1.807, 2.05) is 0 Å². The predicted molar refractivity (Wildman–Crippen MR) is 79.8 cm³/mol. The summed E-state index contributed by atoms with van der Waals surface area (Å²) in [6.07, 6.45) is 2.33. The summed E-state index contributed by atoms with van der Waals surface area (Å²) < 4.78 is 5.27. The van der Waals surface area contributed by atoms with Gasteiger partial charge in [-0.15, -0.1) is 0 Å². The Balaban J connectivity index is 5.09. The standard InChI is InChI=1S/C15H34N2O/c1-8-13(9-2)17(10-11-18-7)14(12(3)16)15(4,5)6/h12-14H,8-11,16H2,1-7H3. The van der Waals surface area contributed by atoms with Crippen molar-refractivity contribution in [3.63, 3.8) is 0 Å². The van der Waals surface area contributed by atoms with Gasteiger partial charge < -0.3 is 10.5 Å². The van der Waals surface area contributed by atoms with Gasteiger partial charge >= 0.3 is 0 Å². The fraction of sp³-hybridized carbons (Fsp3) is 1.00. The Hall–Kier alpha value is -0.120. The van der Waals surface area contributed by atoms with Crippen molar-refractivity contribution in [2.24, 2.45) is 11.1 Å². The van der Waals surface area contributed by atoms with Crippen LogP contribution in [0.2, 0.25) is 0 Å². The molecule has 0 heterocycles. The molecule has 18 heavy (non-hydrogen) atoms. The second-order valence-electron chi connectivity index (χ2n) is 6.37. The van der Waals surface area contributed by atoms with Crippen molar-refractivity contribution in [3.05, 3.63) is 0 Å². The number of nitrogens with two attached hydrogens (primary N) is 1. The van der Waals surface area contributed by atoms with Crippen LogP contribution in [0.15, 0.2) is 0 Å². The van der Waals surface area contributed by atoms with Crippen LogP contribution in [0.5, 0.6) is 0 Å². The second kappa shape index (κ2) is 8.13. The van der Waals surface area contributed by atoms with E-state index in [2.05, 4.69) is 46.4 Å². The van der Waals surface area contributed by atoms with Crippen LogP contribution in [-0.2, 0) is 4.74 Å². The van der Waals surface area contributed by atoms with Crippen molar-refractivity contribution < 1.29 is 4.74 Å². The molecular formula is C15H34N2O. The fourth-order valence-corrected chi connectivity index (χ4v) is 3.09. The fourth-order valence-electron chi connectivity index (χ4n) is 3.09. The van der Waals surface area contributed by atoms with Crippen molar-refractivity contribution in [3.8, 4) is 0 Å². The van der Waals surface area contributed by atoms with Crippen molar-refractivity contribution in [2.45, 2.75) is 72.5 Å². The van der Waals surface area contributed by atoms with E-state index in [0.717, 1.165) is 13.2 Å². The van der Waals surface area contributed by atoms with E-state index in [1.54, 1.807) is 7.11 Å².